The molecule has 2 aliphatic rings. The van der Waals surface area contributed by atoms with Crippen LogP contribution in [0.3, 0.4) is 0 Å². The van der Waals surface area contributed by atoms with Gasteiger partial charge in [-0.1, -0.05) is 0 Å². The van der Waals surface area contributed by atoms with Gasteiger partial charge in [0.15, 0.2) is 0 Å². The molecule has 6 heteroatoms. The SMILES string of the molecule is CCOC(=O)N1CCN(C(=O)CC2CCCSC2)CC1. The maximum absolute atomic E-state index is 12.3. The number of rotatable bonds is 3. The van der Waals surface area contributed by atoms with Gasteiger partial charge in [-0.2, -0.15) is 11.8 Å². The Morgan fingerprint density at radius 3 is 2.50 bits per heavy atom. The molecule has 0 aromatic heterocycles. The van der Waals surface area contributed by atoms with E-state index in [9.17, 15) is 9.59 Å². The van der Waals surface area contributed by atoms with Gasteiger partial charge in [-0.15, -0.1) is 0 Å². The van der Waals surface area contributed by atoms with Gasteiger partial charge in [0.25, 0.3) is 0 Å². The second kappa shape index (κ2) is 7.76. The van der Waals surface area contributed by atoms with Crippen LogP contribution in [0.1, 0.15) is 26.2 Å². The molecule has 0 aromatic rings. The standard InChI is InChI=1S/C14H24N2O3S/c1-2-19-14(18)16-7-5-15(6-8-16)13(17)10-12-4-3-9-20-11-12/h12H,2-11H2,1H3. The highest BCUT2D eigenvalue weighted by molar-refractivity contribution is 7.99. The third kappa shape index (κ3) is 4.30. The zero-order valence-corrected chi connectivity index (χ0v) is 13.0. The van der Waals surface area contributed by atoms with Crippen molar-refractivity contribution in [1.82, 2.24) is 9.80 Å². The summed E-state index contributed by atoms with van der Waals surface area (Å²) in [6.07, 6.45) is 2.83. The molecule has 2 amide bonds. The van der Waals surface area contributed by atoms with Gasteiger partial charge in [-0.25, -0.2) is 4.79 Å². The van der Waals surface area contributed by atoms with E-state index in [2.05, 4.69) is 0 Å². The predicted octanol–water partition coefficient (Wildman–Crippen LogP) is 1.82. The van der Waals surface area contributed by atoms with Crippen LogP contribution in [0.5, 0.6) is 0 Å². The molecule has 0 spiro atoms. The van der Waals surface area contributed by atoms with E-state index in [1.165, 1.54) is 18.6 Å². The van der Waals surface area contributed by atoms with Gasteiger partial charge in [0.1, 0.15) is 0 Å². The van der Waals surface area contributed by atoms with E-state index in [0.29, 0.717) is 45.1 Å². The number of thioether (sulfide) groups is 1. The molecule has 0 aromatic carbocycles. The number of hydrogen-bond acceptors (Lipinski definition) is 4. The first-order valence-electron chi connectivity index (χ1n) is 7.48. The van der Waals surface area contributed by atoms with Crippen LogP contribution in [-0.4, -0.2) is 66.1 Å². The van der Waals surface area contributed by atoms with Crippen LogP contribution < -0.4 is 0 Å². The summed E-state index contributed by atoms with van der Waals surface area (Å²) < 4.78 is 4.98. The first-order valence-corrected chi connectivity index (χ1v) is 8.63. The van der Waals surface area contributed by atoms with E-state index in [-0.39, 0.29) is 12.0 Å². The van der Waals surface area contributed by atoms with E-state index in [1.807, 2.05) is 16.7 Å². The number of nitrogens with zero attached hydrogens (tertiary/aromatic N) is 2. The highest BCUT2D eigenvalue weighted by atomic mass is 32.2. The molecule has 5 nitrogen and oxygen atoms in total. The molecule has 0 aliphatic carbocycles. The molecule has 0 bridgehead atoms. The second-order valence-corrected chi connectivity index (χ2v) is 6.50. The molecular formula is C14H24N2O3S. The van der Waals surface area contributed by atoms with Crippen molar-refractivity contribution < 1.29 is 14.3 Å². The lowest BCUT2D eigenvalue weighted by Crippen LogP contribution is -2.51. The summed E-state index contributed by atoms with van der Waals surface area (Å²) in [7, 11) is 0. The van der Waals surface area contributed by atoms with Gasteiger partial charge in [-0.3, -0.25) is 4.79 Å². The van der Waals surface area contributed by atoms with Crippen molar-refractivity contribution in [2.45, 2.75) is 26.2 Å². The molecule has 1 atom stereocenters. The number of carbonyl (C=O) groups is 2. The summed E-state index contributed by atoms with van der Waals surface area (Å²) in [5.74, 6) is 3.16. The van der Waals surface area contributed by atoms with Crippen LogP contribution in [0.15, 0.2) is 0 Å². The Bertz CT molecular complexity index is 337. The number of hydrogen-bond donors (Lipinski definition) is 0. The Morgan fingerprint density at radius 1 is 1.20 bits per heavy atom. The summed E-state index contributed by atoms with van der Waals surface area (Å²) in [5, 5.41) is 0. The van der Waals surface area contributed by atoms with Crippen LogP contribution in [0.4, 0.5) is 4.79 Å². The Labute approximate surface area is 125 Å². The molecule has 2 aliphatic heterocycles. The molecule has 2 heterocycles. The Kier molecular flexibility index (Phi) is 6.01. The van der Waals surface area contributed by atoms with Gasteiger partial charge in [-0.05, 0) is 37.2 Å². The first kappa shape index (κ1) is 15.5. The molecule has 2 rings (SSSR count). The Balaban J connectivity index is 1.72. The minimum atomic E-state index is -0.261. The molecule has 2 saturated heterocycles. The minimum absolute atomic E-state index is 0.251. The summed E-state index contributed by atoms with van der Waals surface area (Å²) in [6.45, 7) is 4.65. The first-order chi connectivity index (χ1) is 9.70. The fourth-order valence-corrected chi connectivity index (χ4v) is 3.85. The van der Waals surface area contributed by atoms with Crippen molar-refractivity contribution in [2.75, 3.05) is 44.3 Å². The third-order valence-corrected chi connectivity index (χ3v) is 5.16. The second-order valence-electron chi connectivity index (χ2n) is 5.35. The minimum Gasteiger partial charge on any atom is -0.450 e. The van der Waals surface area contributed by atoms with Crippen molar-refractivity contribution in [3.05, 3.63) is 0 Å². The smallest absolute Gasteiger partial charge is 0.409 e. The highest BCUT2D eigenvalue weighted by Crippen LogP contribution is 2.25. The number of ether oxygens (including phenoxy) is 1. The average molecular weight is 300 g/mol. The average Bonchev–Trinajstić information content (AvgIpc) is 2.48. The van der Waals surface area contributed by atoms with Crippen LogP contribution >= 0.6 is 11.8 Å². The van der Waals surface area contributed by atoms with Crippen LogP contribution in [0, 0.1) is 5.92 Å². The molecule has 114 valence electrons. The highest BCUT2D eigenvalue weighted by Gasteiger charge is 2.26. The number of piperazine rings is 1. The lowest BCUT2D eigenvalue weighted by Gasteiger charge is -2.35. The maximum atomic E-state index is 12.3. The summed E-state index contributed by atoms with van der Waals surface area (Å²) >= 11 is 1.96. The lowest BCUT2D eigenvalue weighted by molar-refractivity contribution is -0.133. The molecule has 0 radical (unpaired) electrons. The van der Waals surface area contributed by atoms with E-state index >= 15 is 0 Å². The summed E-state index contributed by atoms with van der Waals surface area (Å²) in [4.78, 5) is 27.4. The quantitative estimate of drug-likeness (QED) is 0.798. The fourth-order valence-electron chi connectivity index (χ4n) is 2.70. The Hall–Kier alpha value is -0.910. The van der Waals surface area contributed by atoms with Crippen LogP contribution in [-0.2, 0) is 9.53 Å². The van der Waals surface area contributed by atoms with Gasteiger partial charge in [0.05, 0.1) is 6.61 Å². The fraction of sp³-hybridized carbons (Fsp3) is 0.857. The molecule has 0 N–H and O–H groups in total. The number of carbonyl (C=O) groups excluding carboxylic acids is 2. The molecule has 1 unspecified atom stereocenters. The van der Waals surface area contributed by atoms with E-state index in [4.69, 9.17) is 4.74 Å². The van der Waals surface area contributed by atoms with Crippen LogP contribution in [0.25, 0.3) is 0 Å². The van der Waals surface area contributed by atoms with E-state index in [0.717, 1.165) is 5.75 Å². The normalized spacial score (nSPS) is 23.6. The summed E-state index contributed by atoms with van der Waals surface area (Å²) in [5.41, 5.74) is 0. The zero-order valence-electron chi connectivity index (χ0n) is 12.2. The van der Waals surface area contributed by atoms with E-state index < -0.39 is 0 Å². The van der Waals surface area contributed by atoms with Gasteiger partial charge < -0.3 is 14.5 Å². The van der Waals surface area contributed by atoms with Crippen molar-refractivity contribution in [1.29, 1.82) is 0 Å². The number of amides is 2. The lowest BCUT2D eigenvalue weighted by atomic mass is 10.0. The van der Waals surface area contributed by atoms with Crippen molar-refractivity contribution in [2.24, 2.45) is 5.92 Å². The largest absolute Gasteiger partial charge is 0.450 e. The molecule has 2 fully saturated rings. The van der Waals surface area contributed by atoms with E-state index in [1.54, 1.807) is 11.8 Å². The van der Waals surface area contributed by atoms with Gasteiger partial charge in [0, 0.05) is 32.6 Å². The van der Waals surface area contributed by atoms with Crippen molar-refractivity contribution in [3.63, 3.8) is 0 Å². The molecule has 0 saturated carbocycles. The maximum Gasteiger partial charge on any atom is 0.409 e. The third-order valence-electron chi connectivity index (χ3n) is 3.88. The molecule has 20 heavy (non-hydrogen) atoms. The van der Waals surface area contributed by atoms with Crippen molar-refractivity contribution in [3.8, 4) is 0 Å². The molecular weight excluding hydrogens is 276 g/mol. The van der Waals surface area contributed by atoms with Gasteiger partial charge >= 0.3 is 6.09 Å². The zero-order chi connectivity index (χ0) is 14.4. The van der Waals surface area contributed by atoms with Crippen LogP contribution in [0.2, 0.25) is 0 Å². The predicted molar refractivity (Wildman–Crippen MR) is 79.8 cm³/mol. The monoisotopic (exact) mass is 300 g/mol. The summed E-state index contributed by atoms with van der Waals surface area (Å²) in [6, 6.07) is 0. The van der Waals surface area contributed by atoms with Crippen molar-refractivity contribution >= 4 is 23.8 Å². The topological polar surface area (TPSA) is 49.9 Å². The van der Waals surface area contributed by atoms with Gasteiger partial charge in [0.2, 0.25) is 5.91 Å². The Morgan fingerprint density at radius 2 is 1.90 bits per heavy atom.